The molecule has 0 amide bonds. The van der Waals surface area contributed by atoms with Gasteiger partial charge in [0.05, 0.1) is 11.9 Å². The minimum absolute atomic E-state index is 0.385. The number of imidazole rings is 1. The third kappa shape index (κ3) is 2.83. The van der Waals surface area contributed by atoms with Gasteiger partial charge in [0.2, 0.25) is 0 Å². The van der Waals surface area contributed by atoms with Crippen molar-refractivity contribution in [3.63, 3.8) is 0 Å². The van der Waals surface area contributed by atoms with Gasteiger partial charge in [-0.1, -0.05) is 13.3 Å². The largest absolute Gasteiger partial charge is 0.387 e. The fourth-order valence-corrected chi connectivity index (χ4v) is 2.46. The highest BCUT2D eigenvalue weighted by Gasteiger charge is 2.39. The second-order valence-electron chi connectivity index (χ2n) is 4.84. The summed E-state index contributed by atoms with van der Waals surface area (Å²) in [6, 6.07) is 0. The van der Waals surface area contributed by atoms with Gasteiger partial charge in [-0.2, -0.15) is 0 Å². The average Bonchev–Trinajstić information content (AvgIpc) is 2.68. The smallest absolute Gasteiger partial charge is 0.0945 e. The average molecular weight is 223 g/mol. The number of likely N-dealkylation sites (tertiary alicyclic amines) is 1. The molecule has 0 aromatic carbocycles. The summed E-state index contributed by atoms with van der Waals surface area (Å²) in [6.07, 6.45) is 8.78. The maximum Gasteiger partial charge on any atom is 0.0945 e. The molecule has 0 saturated carbocycles. The molecule has 1 aliphatic rings. The summed E-state index contributed by atoms with van der Waals surface area (Å²) < 4.78 is 2.10. The van der Waals surface area contributed by atoms with Gasteiger partial charge in [-0.25, -0.2) is 4.98 Å². The van der Waals surface area contributed by atoms with Gasteiger partial charge in [-0.3, -0.25) is 4.90 Å². The van der Waals surface area contributed by atoms with E-state index in [-0.39, 0.29) is 5.60 Å². The fraction of sp³-hybridized carbons (Fsp3) is 0.750. The van der Waals surface area contributed by atoms with Crippen LogP contribution in [0.2, 0.25) is 0 Å². The van der Waals surface area contributed by atoms with E-state index in [0.717, 1.165) is 45.4 Å². The van der Waals surface area contributed by atoms with Crippen LogP contribution < -0.4 is 0 Å². The molecule has 1 N–H and O–H groups in total. The Balaban J connectivity index is 1.60. The third-order valence-corrected chi connectivity index (χ3v) is 3.20. The number of hydrogen-bond donors (Lipinski definition) is 1. The minimum atomic E-state index is -0.385. The second kappa shape index (κ2) is 4.97. The molecular formula is C12H21N3O. The number of aryl methyl sites for hydroxylation is 1. The molecule has 2 heterocycles. The number of hydrogen-bond acceptors (Lipinski definition) is 3. The molecule has 0 unspecified atom stereocenters. The summed E-state index contributed by atoms with van der Waals surface area (Å²) >= 11 is 0. The summed E-state index contributed by atoms with van der Waals surface area (Å²) in [5.74, 6) is 0. The summed E-state index contributed by atoms with van der Waals surface area (Å²) in [5.41, 5.74) is -0.385. The SMILES string of the molecule is CCCC1(O)CN(CCCn2ccnc2)C1. The van der Waals surface area contributed by atoms with Gasteiger partial charge in [-0.05, 0) is 12.8 Å². The lowest BCUT2D eigenvalue weighted by atomic mass is 9.89. The zero-order valence-electron chi connectivity index (χ0n) is 9.97. The normalized spacial score (nSPS) is 19.6. The van der Waals surface area contributed by atoms with Crippen molar-refractivity contribution in [3.8, 4) is 0 Å². The van der Waals surface area contributed by atoms with E-state index in [1.807, 2.05) is 18.7 Å². The van der Waals surface area contributed by atoms with Crippen LogP contribution in [0.4, 0.5) is 0 Å². The Bertz CT molecular complexity index is 304. The number of aromatic nitrogens is 2. The fourth-order valence-electron chi connectivity index (χ4n) is 2.46. The third-order valence-electron chi connectivity index (χ3n) is 3.20. The number of rotatable bonds is 6. The monoisotopic (exact) mass is 223 g/mol. The minimum Gasteiger partial charge on any atom is -0.387 e. The Morgan fingerprint density at radius 3 is 2.81 bits per heavy atom. The first-order valence-electron chi connectivity index (χ1n) is 6.12. The van der Waals surface area contributed by atoms with E-state index in [9.17, 15) is 5.11 Å². The zero-order chi connectivity index (χ0) is 11.4. The molecule has 1 aliphatic heterocycles. The molecule has 4 nitrogen and oxygen atoms in total. The van der Waals surface area contributed by atoms with E-state index in [2.05, 4.69) is 21.4 Å². The lowest BCUT2D eigenvalue weighted by Crippen LogP contribution is -2.61. The van der Waals surface area contributed by atoms with Crippen LogP contribution >= 0.6 is 0 Å². The molecule has 0 atom stereocenters. The molecule has 1 fully saturated rings. The van der Waals surface area contributed by atoms with Crippen molar-refractivity contribution in [1.29, 1.82) is 0 Å². The number of nitrogens with zero attached hydrogens (tertiary/aromatic N) is 3. The van der Waals surface area contributed by atoms with E-state index >= 15 is 0 Å². The Labute approximate surface area is 96.9 Å². The van der Waals surface area contributed by atoms with Crippen LogP contribution in [0.25, 0.3) is 0 Å². The molecule has 0 bridgehead atoms. The Morgan fingerprint density at radius 1 is 1.38 bits per heavy atom. The van der Waals surface area contributed by atoms with E-state index in [4.69, 9.17) is 0 Å². The van der Waals surface area contributed by atoms with Crippen molar-refractivity contribution in [3.05, 3.63) is 18.7 Å². The van der Waals surface area contributed by atoms with Crippen molar-refractivity contribution in [2.24, 2.45) is 0 Å². The van der Waals surface area contributed by atoms with E-state index in [1.54, 1.807) is 0 Å². The first kappa shape index (κ1) is 11.6. The molecule has 0 aliphatic carbocycles. The van der Waals surface area contributed by atoms with Crippen LogP contribution in [-0.2, 0) is 6.54 Å². The second-order valence-corrected chi connectivity index (χ2v) is 4.84. The molecular weight excluding hydrogens is 202 g/mol. The highest BCUT2D eigenvalue weighted by atomic mass is 16.3. The molecule has 1 saturated heterocycles. The van der Waals surface area contributed by atoms with Gasteiger partial charge >= 0.3 is 0 Å². The molecule has 90 valence electrons. The summed E-state index contributed by atoms with van der Waals surface area (Å²) in [5, 5.41) is 10.0. The predicted molar refractivity (Wildman–Crippen MR) is 63.1 cm³/mol. The highest BCUT2D eigenvalue weighted by molar-refractivity contribution is 4.94. The number of β-amino-alcohol motifs (C(OH)–C–C–N with tert-alkyl or cyclic N) is 1. The Morgan fingerprint density at radius 2 is 2.19 bits per heavy atom. The molecule has 16 heavy (non-hydrogen) atoms. The lowest BCUT2D eigenvalue weighted by Gasteiger charge is -2.46. The molecule has 1 aromatic heterocycles. The topological polar surface area (TPSA) is 41.3 Å². The Kier molecular flexibility index (Phi) is 3.61. The first-order chi connectivity index (χ1) is 7.72. The maximum atomic E-state index is 10.0. The van der Waals surface area contributed by atoms with Gasteiger partial charge < -0.3 is 9.67 Å². The van der Waals surface area contributed by atoms with Crippen LogP contribution in [-0.4, -0.2) is 44.8 Å². The summed E-state index contributed by atoms with van der Waals surface area (Å²) in [4.78, 5) is 6.34. The van der Waals surface area contributed by atoms with Gasteiger partial charge in [0, 0.05) is 38.6 Å². The van der Waals surface area contributed by atoms with E-state index < -0.39 is 0 Å². The van der Waals surface area contributed by atoms with Crippen molar-refractivity contribution in [2.75, 3.05) is 19.6 Å². The highest BCUT2D eigenvalue weighted by Crippen LogP contribution is 2.25. The molecule has 0 spiro atoms. The van der Waals surface area contributed by atoms with Gasteiger partial charge in [0.15, 0.2) is 0 Å². The molecule has 0 radical (unpaired) electrons. The van der Waals surface area contributed by atoms with Crippen LogP contribution in [0, 0.1) is 0 Å². The maximum absolute atomic E-state index is 10.0. The van der Waals surface area contributed by atoms with E-state index in [0.29, 0.717) is 0 Å². The van der Waals surface area contributed by atoms with Crippen molar-refractivity contribution in [1.82, 2.24) is 14.5 Å². The van der Waals surface area contributed by atoms with Crippen molar-refractivity contribution < 1.29 is 5.11 Å². The summed E-state index contributed by atoms with van der Waals surface area (Å²) in [7, 11) is 0. The predicted octanol–water partition coefficient (Wildman–Crippen LogP) is 1.12. The number of aliphatic hydroxyl groups is 1. The van der Waals surface area contributed by atoms with Crippen LogP contribution in [0.15, 0.2) is 18.7 Å². The summed E-state index contributed by atoms with van der Waals surface area (Å²) in [6.45, 7) is 5.92. The molecule has 2 rings (SSSR count). The van der Waals surface area contributed by atoms with Gasteiger partial charge in [0.1, 0.15) is 0 Å². The van der Waals surface area contributed by atoms with Crippen LogP contribution in [0.1, 0.15) is 26.2 Å². The van der Waals surface area contributed by atoms with Crippen molar-refractivity contribution >= 4 is 0 Å². The van der Waals surface area contributed by atoms with E-state index in [1.165, 1.54) is 0 Å². The van der Waals surface area contributed by atoms with Gasteiger partial charge in [0.25, 0.3) is 0 Å². The zero-order valence-corrected chi connectivity index (χ0v) is 9.97. The standard InChI is InChI=1S/C12H21N3O/c1-2-4-12(16)9-15(10-12)7-3-6-14-8-5-13-11-14/h5,8,11,16H,2-4,6-7,9-10H2,1H3. The molecule has 4 heteroatoms. The molecule has 1 aromatic rings. The van der Waals surface area contributed by atoms with Gasteiger partial charge in [-0.15, -0.1) is 0 Å². The quantitative estimate of drug-likeness (QED) is 0.785. The lowest BCUT2D eigenvalue weighted by molar-refractivity contribution is -0.103. The van der Waals surface area contributed by atoms with Crippen LogP contribution in [0.5, 0.6) is 0 Å². The Hall–Kier alpha value is -0.870. The van der Waals surface area contributed by atoms with Crippen molar-refractivity contribution in [2.45, 2.75) is 38.3 Å². The first-order valence-corrected chi connectivity index (χ1v) is 6.12. The van der Waals surface area contributed by atoms with Crippen LogP contribution in [0.3, 0.4) is 0 Å².